The van der Waals surface area contributed by atoms with Crippen molar-refractivity contribution in [1.29, 1.82) is 0 Å². The van der Waals surface area contributed by atoms with Crippen molar-refractivity contribution in [2.24, 2.45) is 23.7 Å². The van der Waals surface area contributed by atoms with E-state index in [1.807, 2.05) is 13.8 Å². The van der Waals surface area contributed by atoms with E-state index in [9.17, 15) is 14.4 Å². The van der Waals surface area contributed by atoms with Gasteiger partial charge in [0, 0.05) is 18.9 Å². The van der Waals surface area contributed by atoms with E-state index in [-0.39, 0.29) is 42.5 Å². The Kier molecular flexibility index (Phi) is 9.77. The minimum Gasteiger partial charge on any atom is -0.349 e. The molecular weight excluding hydrogens is 292 g/mol. The molecule has 5 heteroatoms. The molecule has 0 unspecified atom stereocenters. The van der Waals surface area contributed by atoms with E-state index in [1.165, 1.54) is 4.90 Å². The third kappa shape index (κ3) is 9.36. The highest BCUT2D eigenvalue weighted by Gasteiger charge is 2.21. The molecule has 0 radical (unpaired) electrons. The average molecular weight is 326 g/mol. The molecule has 0 bridgehead atoms. The van der Waals surface area contributed by atoms with Crippen LogP contribution in [0.2, 0.25) is 0 Å². The molecule has 0 aromatic heterocycles. The predicted octanol–water partition coefficient (Wildman–Crippen LogP) is 2.49. The third-order valence-corrected chi connectivity index (χ3v) is 3.77. The first-order chi connectivity index (χ1) is 10.5. The number of ketones is 1. The molecule has 2 atom stereocenters. The molecule has 134 valence electrons. The van der Waals surface area contributed by atoms with E-state index in [0.717, 1.165) is 12.8 Å². The number of amides is 2. The Morgan fingerprint density at radius 1 is 0.870 bits per heavy atom. The Bertz CT molecular complexity index is 405. The second-order valence-electron chi connectivity index (χ2n) is 7.51. The van der Waals surface area contributed by atoms with Crippen LogP contribution in [-0.4, -0.2) is 42.6 Å². The minimum absolute atomic E-state index is 0.0164. The zero-order valence-corrected chi connectivity index (χ0v) is 15.8. The Balaban J connectivity index is 4.23. The van der Waals surface area contributed by atoms with Gasteiger partial charge in [-0.3, -0.25) is 14.4 Å². The zero-order chi connectivity index (χ0) is 18.2. The molecule has 1 N–H and O–H groups in total. The first kappa shape index (κ1) is 21.6. The van der Waals surface area contributed by atoms with Crippen LogP contribution in [0, 0.1) is 23.7 Å². The lowest BCUT2D eigenvalue weighted by Gasteiger charge is -2.22. The molecule has 0 aromatic carbocycles. The number of rotatable bonds is 10. The molecule has 0 aliphatic rings. The van der Waals surface area contributed by atoms with Gasteiger partial charge in [0.1, 0.15) is 0 Å². The maximum atomic E-state index is 12.2. The predicted molar refractivity (Wildman–Crippen MR) is 92.9 cm³/mol. The standard InChI is InChI=1S/C18H34N2O3/c1-12(2)8-14(5)17(22)19-10-16(21)11-20(7)18(23)15(6)9-13(3)4/h12-15H,8-11H2,1-7H3,(H,19,22)/t14-,15-/m0/s1. The molecule has 0 saturated carbocycles. The Morgan fingerprint density at radius 3 is 1.83 bits per heavy atom. The summed E-state index contributed by atoms with van der Waals surface area (Å²) in [5, 5.41) is 2.67. The highest BCUT2D eigenvalue weighted by molar-refractivity contribution is 5.90. The van der Waals surface area contributed by atoms with Gasteiger partial charge < -0.3 is 10.2 Å². The van der Waals surface area contributed by atoms with Gasteiger partial charge in [-0.15, -0.1) is 0 Å². The smallest absolute Gasteiger partial charge is 0.225 e. The average Bonchev–Trinajstić information content (AvgIpc) is 2.42. The minimum atomic E-state index is -0.150. The lowest BCUT2D eigenvalue weighted by atomic mass is 9.97. The fourth-order valence-electron chi connectivity index (χ4n) is 2.76. The number of likely N-dealkylation sites (N-methyl/N-ethyl adjacent to an activating group) is 1. The summed E-state index contributed by atoms with van der Waals surface area (Å²) in [5.74, 6) is 0.419. The molecule has 0 fully saturated rings. The molecular formula is C18H34N2O3. The fraction of sp³-hybridized carbons (Fsp3) is 0.833. The summed E-state index contributed by atoms with van der Waals surface area (Å²) in [6, 6.07) is 0. The van der Waals surface area contributed by atoms with Crippen molar-refractivity contribution in [2.45, 2.75) is 54.4 Å². The van der Waals surface area contributed by atoms with Gasteiger partial charge in [0.2, 0.25) is 11.8 Å². The van der Waals surface area contributed by atoms with E-state index in [2.05, 4.69) is 33.0 Å². The van der Waals surface area contributed by atoms with Gasteiger partial charge in [-0.1, -0.05) is 41.5 Å². The number of hydrogen-bond acceptors (Lipinski definition) is 3. The van der Waals surface area contributed by atoms with Crippen LogP contribution < -0.4 is 5.32 Å². The number of carbonyl (C=O) groups excluding carboxylic acids is 3. The Morgan fingerprint density at radius 2 is 1.35 bits per heavy atom. The van der Waals surface area contributed by atoms with Crippen molar-refractivity contribution in [3.05, 3.63) is 0 Å². The number of nitrogens with one attached hydrogen (secondary N) is 1. The molecule has 0 aromatic rings. The highest BCUT2D eigenvalue weighted by atomic mass is 16.2. The largest absolute Gasteiger partial charge is 0.349 e. The van der Waals surface area contributed by atoms with Crippen LogP contribution in [0.4, 0.5) is 0 Å². The molecule has 0 spiro atoms. The van der Waals surface area contributed by atoms with Crippen LogP contribution >= 0.6 is 0 Å². The van der Waals surface area contributed by atoms with Crippen molar-refractivity contribution >= 4 is 17.6 Å². The quantitative estimate of drug-likeness (QED) is 0.671. The third-order valence-electron chi connectivity index (χ3n) is 3.77. The molecule has 0 aliphatic carbocycles. The number of carbonyl (C=O) groups is 3. The topological polar surface area (TPSA) is 66.5 Å². The molecule has 0 heterocycles. The maximum Gasteiger partial charge on any atom is 0.225 e. The SMILES string of the molecule is CC(C)C[C@H](C)C(=O)NCC(=O)CN(C)C(=O)[C@@H](C)CC(C)C. The summed E-state index contributed by atoms with van der Waals surface area (Å²) in [6.45, 7) is 12.0. The molecule has 0 rings (SSSR count). The second-order valence-corrected chi connectivity index (χ2v) is 7.51. The van der Waals surface area contributed by atoms with Gasteiger partial charge in [-0.05, 0) is 24.7 Å². The van der Waals surface area contributed by atoms with Gasteiger partial charge in [0.05, 0.1) is 13.1 Å². The Labute approximate surface area is 141 Å². The summed E-state index contributed by atoms with van der Waals surface area (Å²) < 4.78 is 0. The molecule has 23 heavy (non-hydrogen) atoms. The van der Waals surface area contributed by atoms with Crippen molar-refractivity contribution in [1.82, 2.24) is 10.2 Å². The summed E-state index contributed by atoms with van der Waals surface area (Å²) in [6.07, 6.45) is 1.60. The van der Waals surface area contributed by atoms with E-state index in [4.69, 9.17) is 0 Å². The van der Waals surface area contributed by atoms with Crippen molar-refractivity contribution < 1.29 is 14.4 Å². The first-order valence-corrected chi connectivity index (χ1v) is 8.58. The van der Waals surface area contributed by atoms with Gasteiger partial charge in [0.15, 0.2) is 5.78 Å². The van der Waals surface area contributed by atoms with E-state index in [0.29, 0.717) is 11.8 Å². The maximum absolute atomic E-state index is 12.2. The van der Waals surface area contributed by atoms with Crippen LogP contribution in [-0.2, 0) is 14.4 Å². The van der Waals surface area contributed by atoms with Gasteiger partial charge >= 0.3 is 0 Å². The van der Waals surface area contributed by atoms with Gasteiger partial charge in [-0.2, -0.15) is 0 Å². The zero-order valence-electron chi connectivity index (χ0n) is 15.8. The van der Waals surface area contributed by atoms with Crippen LogP contribution in [0.1, 0.15) is 54.4 Å². The second kappa shape index (κ2) is 10.4. The lowest BCUT2D eigenvalue weighted by Crippen LogP contribution is -2.41. The molecule has 5 nitrogen and oxygen atoms in total. The van der Waals surface area contributed by atoms with Crippen LogP contribution in [0.5, 0.6) is 0 Å². The monoisotopic (exact) mass is 326 g/mol. The molecule has 2 amide bonds. The number of Topliss-reactive ketones (excluding diaryl/α,β-unsaturated/α-hetero) is 1. The fourth-order valence-corrected chi connectivity index (χ4v) is 2.76. The summed E-state index contributed by atoms with van der Waals surface area (Å²) in [5.41, 5.74) is 0. The first-order valence-electron chi connectivity index (χ1n) is 8.58. The normalized spacial score (nSPS) is 13.8. The number of nitrogens with zero attached hydrogens (tertiary/aromatic N) is 1. The lowest BCUT2D eigenvalue weighted by molar-refractivity contribution is -0.137. The van der Waals surface area contributed by atoms with Gasteiger partial charge in [0.25, 0.3) is 0 Å². The van der Waals surface area contributed by atoms with Crippen LogP contribution in [0.25, 0.3) is 0 Å². The molecule has 0 saturated heterocycles. The van der Waals surface area contributed by atoms with Gasteiger partial charge in [-0.25, -0.2) is 0 Å². The summed E-state index contributed by atoms with van der Waals surface area (Å²) in [7, 11) is 1.64. The van der Waals surface area contributed by atoms with Crippen molar-refractivity contribution in [3.63, 3.8) is 0 Å². The molecule has 0 aliphatic heterocycles. The summed E-state index contributed by atoms with van der Waals surface area (Å²) >= 11 is 0. The van der Waals surface area contributed by atoms with Crippen molar-refractivity contribution in [3.8, 4) is 0 Å². The Hall–Kier alpha value is -1.39. The van der Waals surface area contributed by atoms with Crippen LogP contribution in [0.15, 0.2) is 0 Å². The highest BCUT2D eigenvalue weighted by Crippen LogP contribution is 2.13. The number of hydrogen-bond donors (Lipinski definition) is 1. The van der Waals surface area contributed by atoms with Crippen LogP contribution in [0.3, 0.4) is 0 Å². The van der Waals surface area contributed by atoms with E-state index in [1.54, 1.807) is 7.05 Å². The van der Waals surface area contributed by atoms with Crippen molar-refractivity contribution in [2.75, 3.05) is 20.1 Å². The van der Waals surface area contributed by atoms with E-state index < -0.39 is 0 Å². The van der Waals surface area contributed by atoms with E-state index >= 15 is 0 Å². The summed E-state index contributed by atoms with van der Waals surface area (Å²) in [4.78, 5) is 37.5.